The number of pyridine rings is 1. The van der Waals surface area contributed by atoms with E-state index in [0.717, 1.165) is 105 Å². The molecular formula is C77H67N5O2. The molecule has 14 rings (SSSR count). The van der Waals surface area contributed by atoms with Crippen molar-refractivity contribution in [3.8, 4) is 67.9 Å². The molecule has 0 amide bonds. The summed E-state index contributed by atoms with van der Waals surface area (Å²) in [5.74, 6) is 3.79. The number of ether oxygens (including phenoxy) is 1. The van der Waals surface area contributed by atoms with Gasteiger partial charge >= 0.3 is 0 Å². The first-order valence-electron chi connectivity index (χ1n) is 29.7. The maximum atomic E-state index is 7.40. The predicted octanol–water partition coefficient (Wildman–Crippen LogP) is 21.5. The van der Waals surface area contributed by atoms with Gasteiger partial charge in [-0.2, -0.15) is 0 Å². The Kier molecular flexibility index (Phi) is 12.9. The van der Waals surface area contributed by atoms with Crippen LogP contribution in [0.4, 0.5) is 0 Å². The molecule has 7 heteroatoms. The number of hydrogen-bond donors (Lipinski definition) is 0. The van der Waals surface area contributed by atoms with Crippen molar-refractivity contribution < 1.29 is 9.15 Å². The minimum Gasteiger partial charge on any atom is -0.457 e. The van der Waals surface area contributed by atoms with Gasteiger partial charge in [0.05, 0.1) is 39.0 Å². The Morgan fingerprint density at radius 1 is 0.369 bits per heavy atom. The van der Waals surface area contributed by atoms with Crippen molar-refractivity contribution in [1.82, 2.24) is 24.1 Å². The topological polar surface area (TPSA) is 70.9 Å². The Bertz CT molecular complexity index is 4840. The Balaban J connectivity index is 0.997. The first-order chi connectivity index (χ1) is 40.8. The van der Waals surface area contributed by atoms with Gasteiger partial charge in [0, 0.05) is 38.5 Å². The fourth-order valence-corrected chi connectivity index (χ4v) is 12.9. The van der Waals surface area contributed by atoms with E-state index in [1.807, 2.05) is 6.07 Å². The van der Waals surface area contributed by atoms with Gasteiger partial charge in [0.15, 0.2) is 0 Å². The second-order valence-corrected chi connectivity index (χ2v) is 24.0. The zero-order chi connectivity index (χ0) is 57.7. The first-order valence-corrected chi connectivity index (χ1v) is 29.7. The number of fused-ring (bicyclic) bond motifs is 8. The molecule has 0 aliphatic rings. The van der Waals surface area contributed by atoms with Crippen LogP contribution in [0.1, 0.15) is 113 Å². The summed E-state index contributed by atoms with van der Waals surface area (Å²) in [6.45, 7) is 22.5. The van der Waals surface area contributed by atoms with E-state index in [4.69, 9.17) is 24.1 Å². The van der Waals surface area contributed by atoms with Gasteiger partial charge in [-0.3, -0.25) is 14.1 Å². The minimum absolute atomic E-state index is 0.183. The second kappa shape index (κ2) is 20.7. The molecule has 0 N–H and O–H groups in total. The molecule has 0 fully saturated rings. The van der Waals surface area contributed by atoms with Gasteiger partial charge in [-0.05, 0) is 190 Å². The van der Waals surface area contributed by atoms with Crippen molar-refractivity contribution in [2.24, 2.45) is 0 Å². The molecule has 0 atom stereocenters. The fourth-order valence-electron chi connectivity index (χ4n) is 12.9. The van der Waals surface area contributed by atoms with E-state index in [-0.39, 0.29) is 23.7 Å². The molecule has 4 heterocycles. The summed E-state index contributed by atoms with van der Waals surface area (Å²) >= 11 is 0. The van der Waals surface area contributed by atoms with Crippen LogP contribution in [0.15, 0.2) is 205 Å². The van der Waals surface area contributed by atoms with E-state index in [0.29, 0.717) is 11.5 Å². The molecule has 0 aliphatic heterocycles. The van der Waals surface area contributed by atoms with Crippen molar-refractivity contribution in [3.63, 3.8) is 0 Å². The molecule has 412 valence electrons. The zero-order valence-electron chi connectivity index (χ0n) is 49.4. The Labute approximate surface area is 490 Å². The number of imidazole rings is 2. The van der Waals surface area contributed by atoms with Crippen molar-refractivity contribution in [2.45, 2.75) is 92.9 Å². The molecule has 0 saturated carbocycles. The van der Waals surface area contributed by atoms with Gasteiger partial charge in [0.25, 0.3) is 0 Å². The summed E-state index contributed by atoms with van der Waals surface area (Å²) in [7, 11) is 0. The third-order valence-corrected chi connectivity index (χ3v) is 17.0. The fraction of sp³-hybridized carbons (Fsp3) is 0.182. The molecule has 84 heavy (non-hydrogen) atoms. The van der Waals surface area contributed by atoms with E-state index in [2.05, 4.69) is 272 Å². The number of rotatable bonds is 12. The van der Waals surface area contributed by atoms with Gasteiger partial charge in [-0.25, -0.2) is 9.97 Å². The summed E-state index contributed by atoms with van der Waals surface area (Å²) in [4.78, 5) is 15.9. The van der Waals surface area contributed by atoms with E-state index in [1.54, 1.807) is 0 Å². The number of furan rings is 1. The van der Waals surface area contributed by atoms with Gasteiger partial charge < -0.3 is 9.15 Å². The van der Waals surface area contributed by atoms with Gasteiger partial charge in [0.2, 0.25) is 0 Å². The number of aryl methyl sites for hydroxylation is 2. The Morgan fingerprint density at radius 2 is 0.881 bits per heavy atom. The Hall–Kier alpha value is -9.59. The maximum Gasteiger partial charge on any atom is 0.149 e. The number of hydrogen-bond acceptors (Lipinski definition) is 5. The van der Waals surface area contributed by atoms with Gasteiger partial charge in [-0.15, -0.1) is 0 Å². The van der Waals surface area contributed by atoms with Crippen LogP contribution in [-0.4, -0.2) is 24.1 Å². The second-order valence-electron chi connectivity index (χ2n) is 24.0. The third-order valence-electron chi connectivity index (χ3n) is 17.0. The van der Waals surface area contributed by atoms with Crippen LogP contribution in [0, 0.1) is 13.8 Å². The molecule has 7 nitrogen and oxygen atoms in total. The highest BCUT2D eigenvalue weighted by molar-refractivity contribution is 6.19. The van der Waals surface area contributed by atoms with Crippen LogP contribution >= 0.6 is 0 Å². The largest absolute Gasteiger partial charge is 0.457 e. The summed E-state index contributed by atoms with van der Waals surface area (Å²) in [5.41, 5.74) is 21.4. The molecule has 0 unspecified atom stereocenters. The average Bonchev–Trinajstić information content (AvgIpc) is 3.16. The van der Waals surface area contributed by atoms with Crippen LogP contribution < -0.4 is 4.74 Å². The van der Waals surface area contributed by atoms with E-state index in [9.17, 15) is 0 Å². The van der Waals surface area contributed by atoms with Gasteiger partial charge in [0.1, 0.15) is 34.3 Å². The molecule has 0 radical (unpaired) electrons. The van der Waals surface area contributed by atoms with Crippen LogP contribution in [0.25, 0.3) is 122 Å². The summed E-state index contributed by atoms with van der Waals surface area (Å²) < 4.78 is 19.5. The summed E-state index contributed by atoms with van der Waals surface area (Å²) in [6, 6.07) is 71.9. The highest BCUT2D eigenvalue weighted by atomic mass is 16.5. The molecule has 14 aromatic rings. The summed E-state index contributed by atoms with van der Waals surface area (Å²) in [6.07, 6.45) is 0. The predicted molar refractivity (Wildman–Crippen MR) is 350 cm³/mol. The maximum absolute atomic E-state index is 7.40. The van der Waals surface area contributed by atoms with E-state index >= 15 is 0 Å². The van der Waals surface area contributed by atoms with Crippen LogP contribution in [0.3, 0.4) is 0 Å². The van der Waals surface area contributed by atoms with Gasteiger partial charge in [-0.1, -0.05) is 159 Å². The van der Waals surface area contributed by atoms with Crippen molar-refractivity contribution >= 4 is 65.6 Å². The lowest BCUT2D eigenvalue weighted by Gasteiger charge is -2.24. The minimum atomic E-state index is 0.183. The van der Waals surface area contributed by atoms with Crippen LogP contribution in [0.2, 0.25) is 0 Å². The summed E-state index contributed by atoms with van der Waals surface area (Å²) in [5, 5.41) is 6.32. The monoisotopic (exact) mass is 1090 g/mol. The number of nitrogens with zero attached hydrogens (tertiary/aromatic N) is 5. The average molecular weight is 1090 g/mol. The standard InChI is InChI=1S/C77H67N5O2/c1-44(2)60-37-54(50-22-13-11-14-23-50)38-61(45(3)4)72(60)81-70-30-19-17-28-68(70)79-76(81)53-26-21-27-57(35-53)83-58-42-66-59-33-32-52-36-64-49(10)78-48(9)34-56(64)41-65(52)74(59)84-75(66)67(43-58)77-80-69-29-18-20-31-71(69)82(77)73-62(46(5)6)39-55(40-63(73)47(7)8)51-24-15-12-16-25-51/h11-47H,1-10H3. The van der Waals surface area contributed by atoms with Crippen molar-refractivity contribution in [1.29, 1.82) is 0 Å². The lowest BCUT2D eigenvalue weighted by Crippen LogP contribution is -2.09. The quantitative estimate of drug-likeness (QED) is 0.114. The highest BCUT2D eigenvalue weighted by Gasteiger charge is 2.29. The molecule has 4 aromatic heterocycles. The lowest BCUT2D eigenvalue weighted by atomic mass is 9.88. The molecule has 10 aromatic carbocycles. The number of aromatic nitrogens is 5. The molecule has 0 aliphatic carbocycles. The van der Waals surface area contributed by atoms with Crippen molar-refractivity contribution in [2.75, 3.05) is 0 Å². The number of benzene rings is 10. The smallest absolute Gasteiger partial charge is 0.149 e. The number of para-hydroxylation sites is 4. The third kappa shape index (κ3) is 8.92. The molecule has 0 bridgehead atoms. The molecule has 0 spiro atoms. The first kappa shape index (κ1) is 52.5. The van der Waals surface area contributed by atoms with Crippen LogP contribution in [-0.2, 0) is 0 Å². The molecule has 0 saturated heterocycles. The Morgan fingerprint density at radius 3 is 1.45 bits per heavy atom. The molecular weight excluding hydrogens is 1030 g/mol. The normalized spacial score (nSPS) is 12.1. The van der Waals surface area contributed by atoms with E-state index < -0.39 is 0 Å². The lowest BCUT2D eigenvalue weighted by molar-refractivity contribution is 0.483. The highest BCUT2D eigenvalue weighted by Crippen LogP contribution is 2.47. The van der Waals surface area contributed by atoms with Crippen molar-refractivity contribution in [3.05, 3.63) is 234 Å². The van der Waals surface area contributed by atoms with E-state index in [1.165, 1.54) is 50.2 Å². The zero-order valence-corrected chi connectivity index (χ0v) is 49.4. The van der Waals surface area contributed by atoms with Crippen LogP contribution in [0.5, 0.6) is 11.5 Å². The SMILES string of the molecule is Cc1cc2cc3c(ccc4c5cc(Oc6cccc(-c7nc8ccccc8n7-c7c(C(C)C)cc(-c8ccccc8)cc7C(C)C)c6)cc(-c6nc7ccccc7n6-c6c(C(C)C)cc(-c7ccccc7)cc6C(C)C)c5oc34)cc2c(C)n1.